The van der Waals surface area contributed by atoms with E-state index >= 15 is 0 Å². The predicted octanol–water partition coefficient (Wildman–Crippen LogP) is 2.47. The minimum Gasteiger partial charge on any atom is -0.360 e. The lowest BCUT2D eigenvalue weighted by atomic mass is 10.1. The number of H-pyrrole nitrogens is 1. The number of carbonyl (C=O) groups is 1. The van der Waals surface area contributed by atoms with E-state index < -0.39 is 10.0 Å². The maximum atomic E-state index is 12.8. The van der Waals surface area contributed by atoms with Gasteiger partial charge in [-0.05, 0) is 25.2 Å². The zero-order valence-corrected chi connectivity index (χ0v) is 17.7. The second-order valence-corrected chi connectivity index (χ2v) is 9.93. The number of fused-ring (bicyclic) bond motifs is 1. The standard InChI is InChI=1S/C20H22N4O3S2/c1-23-8-10-24(11-9-23)29(26,27)15-6-7-20(22-12-15)28-14-19(25)17-13-21-18-5-3-2-4-16(17)18/h2-7,12-13,21H,8-11,14H2,1H3. The first-order valence-electron chi connectivity index (χ1n) is 9.32. The van der Waals surface area contributed by atoms with Crippen molar-refractivity contribution in [1.29, 1.82) is 0 Å². The van der Waals surface area contributed by atoms with Gasteiger partial charge in [0.15, 0.2) is 5.78 Å². The van der Waals surface area contributed by atoms with Crippen molar-refractivity contribution < 1.29 is 13.2 Å². The second kappa shape index (κ2) is 8.27. The monoisotopic (exact) mass is 430 g/mol. The average Bonchev–Trinajstić information content (AvgIpc) is 3.17. The van der Waals surface area contributed by atoms with Gasteiger partial charge in [0.25, 0.3) is 0 Å². The summed E-state index contributed by atoms with van der Waals surface area (Å²) in [6.45, 7) is 2.40. The Morgan fingerprint density at radius 3 is 2.62 bits per heavy atom. The highest BCUT2D eigenvalue weighted by molar-refractivity contribution is 7.99. The molecule has 0 amide bonds. The zero-order valence-electron chi connectivity index (χ0n) is 16.0. The molecule has 1 aliphatic rings. The van der Waals surface area contributed by atoms with Crippen molar-refractivity contribution in [3.05, 3.63) is 54.4 Å². The van der Waals surface area contributed by atoms with E-state index in [0.29, 0.717) is 23.7 Å². The summed E-state index contributed by atoms with van der Waals surface area (Å²) in [7, 11) is -1.55. The van der Waals surface area contributed by atoms with E-state index in [9.17, 15) is 13.2 Å². The predicted molar refractivity (Wildman–Crippen MR) is 114 cm³/mol. The molecule has 4 rings (SSSR count). The van der Waals surface area contributed by atoms with E-state index in [1.54, 1.807) is 18.3 Å². The topological polar surface area (TPSA) is 86.4 Å². The first kappa shape index (κ1) is 20.1. The van der Waals surface area contributed by atoms with E-state index in [4.69, 9.17) is 0 Å². The molecule has 0 saturated carbocycles. The van der Waals surface area contributed by atoms with Gasteiger partial charge in [-0.25, -0.2) is 13.4 Å². The molecule has 0 atom stereocenters. The summed E-state index contributed by atoms with van der Waals surface area (Å²) in [5, 5.41) is 1.52. The van der Waals surface area contributed by atoms with Crippen molar-refractivity contribution in [2.45, 2.75) is 9.92 Å². The van der Waals surface area contributed by atoms with Gasteiger partial charge in [-0.1, -0.05) is 30.0 Å². The van der Waals surface area contributed by atoms with Crippen LogP contribution in [-0.4, -0.2) is 72.4 Å². The van der Waals surface area contributed by atoms with Crippen LogP contribution in [0.5, 0.6) is 0 Å². The summed E-state index contributed by atoms with van der Waals surface area (Å²) in [5.74, 6) is 0.239. The number of sulfonamides is 1. The summed E-state index contributed by atoms with van der Waals surface area (Å²) in [6.07, 6.45) is 3.11. The highest BCUT2D eigenvalue weighted by atomic mass is 32.2. The summed E-state index contributed by atoms with van der Waals surface area (Å²) in [6, 6.07) is 10.9. The Balaban J connectivity index is 1.41. The highest BCUT2D eigenvalue weighted by Crippen LogP contribution is 2.23. The number of hydrogen-bond acceptors (Lipinski definition) is 6. The second-order valence-electron chi connectivity index (χ2n) is 7.00. The summed E-state index contributed by atoms with van der Waals surface area (Å²) in [5.41, 5.74) is 1.58. The number of likely N-dealkylation sites (N-methyl/N-ethyl adjacent to an activating group) is 1. The van der Waals surface area contributed by atoms with E-state index in [1.165, 1.54) is 22.3 Å². The van der Waals surface area contributed by atoms with Gasteiger partial charge in [-0.3, -0.25) is 4.79 Å². The number of rotatable bonds is 6. The molecule has 1 fully saturated rings. The van der Waals surface area contributed by atoms with Crippen LogP contribution in [0, 0.1) is 0 Å². The fraction of sp³-hybridized carbons (Fsp3) is 0.300. The van der Waals surface area contributed by atoms with Crippen LogP contribution in [0.25, 0.3) is 10.9 Å². The lowest BCUT2D eigenvalue weighted by Crippen LogP contribution is -2.47. The molecule has 9 heteroatoms. The highest BCUT2D eigenvalue weighted by Gasteiger charge is 2.27. The van der Waals surface area contributed by atoms with Crippen molar-refractivity contribution in [2.24, 2.45) is 0 Å². The maximum absolute atomic E-state index is 12.8. The molecule has 3 aromatic rings. The normalized spacial score (nSPS) is 16.3. The lowest BCUT2D eigenvalue weighted by molar-refractivity contribution is 0.102. The van der Waals surface area contributed by atoms with Crippen molar-refractivity contribution in [3.8, 4) is 0 Å². The van der Waals surface area contributed by atoms with Gasteiger partial charge in [0, 0.05) is 55.0 Å². The van der Waals surface area contributed by atoms with E-state index in [2.05, 4.69) is 14.9 Å². The molecule has 3 heterocycles. The Hall–Kier alpha value is -2.20. The third-order valence-corrected chi connectivity index (χ3v) is 7.88. The third-order valence-electron chi connectivity index (χ3n) is 5.05. The number of carbonyl (C=O) groups excluding carboxylic acids is 1. The molecule has 29 heavy (non-hydrogen) atoms. The number of thioether (sulfide) groups is 1. The molecule has 1 aromatic carbocycles. The molecule has 0 radical (unpaired) electrons. The molecule has 0 bridgehead atoms. The third kappa shape index (κ3) is 4.23. The molecule has 7 nitrogen and oxygen atoms in total. The number of nitrogens with one attached hydrogen (secondary N) is 1. The smallest absolute Gasteiger partial charge is 0.244 e. The number of para-hydroxylation sites is 1. The molecule has 1 saturated heterocycles. The largest absolute Gasteiger partial charge is 0.360 e. The average molecular weight is 431 g/mol. The van der Waals surface area contributed by atoms with E-state index in [-0.39, 0.29) is 16.4 Å². The van der Waals surface area contributed by atoms with Crippen LogP contribution in [0.4, 0.5) is 0 Å². The first-order valence-corrected chi connectivity index (χ1v) is 11.7. The van der Waals surface area contributed by atoms with Crippen molar-refractivity contribution >= 4 is 38.5 Å². The molecule has 0 unspecified atom stereocenters. The molecular formula is C20H22N4O3S2. The van der Waals surface area contributed by atoms with Gasteiger partial charge < -0.3 is 9.88 Å². The Morgan fingerprint density at radius 2 is 1.90 bits per heavy atom. The number of nitrogens with zero attached hydrogens (tertiary/aromatic N) is 3. The van der Waals surface area contributed by atoms with E-state index in [1.807, 2.05) is 31.3 Å². The molecule has 152 valence electrons. The van der Waals surface area contributed by atoms with E-state index in [0.717, 1.165) is 24.0 Å². The van der Waals surface area contributed by atoms with Gasteiger partial charge in [-0.15, -0.1) is 0 Å². The Labute approximate surface area is 174 Å². The lowest BCUT2D eigenvalue weighted by Gasteiger charge is -2.31. The fourth-order valence-electron chi connectivity index (χ4n) is 3.30. The minimum atomic E-state index is -3.53. The molecule has 1 aliphatic heterocycles. The fourth-order valence-corrected chi connectivity index (χ4v) is 5.40. The summed E-state index contributed by atoms with van der Waals surface area (Å²) >= 11 is 1.30. The number of benzene rings is 1. The zero-order chi connectivity index (χ0) is 20.4. The molecular weight excluding hydrogens is 408 g/mol. The van der Waals surface area contributed by atoms with Gasteiger partial charge in [0.2, 0.25) is 10.0 Å². The quantitative estimate of drug-likeness (QED) is 0.478. The molecule has 0 aliphatic carbocycles. The number of pyridine rings is 1. The van der Waals surface area contributed by atoms with Crippen molar-refractivity contribution in [3.63, 3.8) is 0 Å². The number of aromatic amines is 1. The molecule has 1 N–H and O–H groups in total. The number of piperazine rings is 1. The van der Waals surface area contributed by atoms with Crippen LogP contribution < -0.4 is 0 Å². The van der Waals surface area contributed by atoms with Crippen LogP contribution in [0.1, 0.15) is 10.4 Å². The summed E-state index contributed by atoms with van der Waals surface area (Å²) in [4.78, 5) is 22.2. The number of hydrogen-bond donors (Lipinski definition) is 1. The van der Waals surface area contributed by atoms with Gasteiger partial charge in [0.05, 0.1) is 10.8 Å². The first-order chi connectivity index (χ1) is 13.9. The van der Waals surface area contributed by atoms with Crippen LogP contribution in [0.15, 0.2) is 58.7 Å². The van der Waals surface area contributed by atoms with Crippen LogP contribution in [0.3, 0.4) is 0 Å². The van der Waals surface area contributed by atoms with Gasteiger partial charge >= 0.3 is 0 Å². The maximum Gasteiger partial charge on any atom is 0.244 e. The number of ketones is 1. The van der Waals surface area contributed by atoms with Crippen LogP contribution in [0.2, 0.25) is 0 Å². The van der Waals surface area contributed by atoms with Crippen molar-refractivity contribution in [1.82, 2.24) is 19.2 Å². The SMILES string of the molecule is CN1CCN(S(=O)(=O)c2ccc(SCC(=O)c3c[nH]c4ccccc34)nc2)CC1. The Bertz CT molecular complexity index is 1120. The molecule has 0 spiro atoms. The minimum absolute atomic E-state index is 0.00313. The Morgan fingerprint density at radius 1 is 1.14 bits per heavy atom. The van der Waals surface area contributed by atoms with Crippen molar-refractivity contribution in [2.75, 3.05) is 39.0 Å². The number of Topliss-reactive ketones (excluding diaryl/α,β-unsaturated/α-hetero) is 1. The Kier molecular flexibility index (Phi) is 5.73. The number of aromatic nitrogens is 2. The van der Waals surface area contributed by atoms with Gasteiger partial charge in [0.1, 0.15) is 4.90 Å². The summed E-state index contributed by atoms with van der Waals surface area (Å²) < 4.78 is 27.0. The van der Waals surface area contributed by atoms with Crippen LogP contribution >= 0.6 is 11.8 Å². The van der Waals surface area contributed by atoms with Crippen LogP contribution in [-0.2, 0) is 10.0 Å². The molecule has 2 aromatic heterocycles. The van der Waals surface area contributed by atoms with Gasteiger partial charge in [-0.2, -0.15) is 4.31 Å².